The zero-order chi connectivity index (χ0) is 29.0. The number of sulfonamides is 1. The van der Waals surface area contributed by atoms with Gasteiger partial charge in [0.1, 0.15) is 22.8 Å². The number of halogens is 1. The highest BCUT2D eigenvalue weighted by Gasteiger charge is 2.31. The van der Waals surface area contributed by atoms with Gasteiger partial charge in [-0.3, -0.25) is 25.4 Å². The predicted octanol–water partition coefficient (Wildman–Crippen LogP) is 4.96. The second-order valence-electron chi connectivity index (χ2n) is 9.98. The van der Waals surface area contributed by atoms with E-state index in [4.69, 9.17) is 16.3 Å². The van der Waals surface area contributed by atoms with E-state index in [2.05, 4.69) is 15.8 Å². The molecule has 41 heavy (non-hydrogen) atoms. The predicted molar refractivity (Wildman–Crippen MR) is 156 cm³/mol. The average Bonchev–Trinajstić information content (AvgIpc) is 2.99. The maximum Gasteiger partial charge on any atom is 0.269 e. The number of nitrogens with zero attached hydrogens (tertiary/aromatic N) is 2. The molecule has 2 N–H and O–H groups in total. The van der Waals surface area contributed by atoms with Crippen LogP contribution in [0.25, 0.3) is 10.9 Å². The Bertz CT molecular complexity index is 1690. The molecule has 1 aliphatic rings. The Morgan fingerprint density at radius 3 is 2.46 bits per heavy atom. The van der Waals surface area contributed by atoms with Gasteiger partial charge in [-0.15, -0.1) is 0 Å². The monoisotopic (exact) mass is 592 g/mol. The molecule has 1 unspecified atom stereocenters. The van der Waals surface area contributed by atoms with Crippen LogP contribution in [0.4, 0.5) is 0 Å². The minimum Gasteiger partial charge on any atom is -0.487 e. The average molecular weight is 593 g/mol. The van der Waals surface area contributed by atoms with E-state index in [9.17, 15) is 18.0 Å². The fourth-order valence-corrected chi connectivity index (χ4v) is 6.81. The lowest BCUT2D eigenvalue weighted by molar-refractivity contribution is 0.0846. The highest BCUT2D eigenvalue weighted by Crippen LogP contribution is 2.29. The maximum atomic E-state index is 13.2. The Labute approximate surface area is 243 Å². The lowest BCUT2D eigenvalue weighted by Gasteiger charge is -2.30. The number of hydrazine groups is 1. The highest BCUT2D eigenvalue weighted by molar-refractivity contribution is 7.89. The molecule has 2 amide bonds. The first-order valence-corrected chi connectivity index (χ1v) is 15.0. The number of nitrogens with one attached hydrogen (secondary N) is 2. The van der Waals surface area contributed by atoms with Crippen LogP contribution in [0.5, 0.6) is 5.75 Å². The number of benzene rings is 3. The first-order chi connectivity index (χ1) is 19.7. The molecule has 11 heteroatoms. The minimum atomic E-state index is -3.87. The largest absolute Gasteiger partial charge is 0.487 e. The summed E-state index contributed by atoms with van der Waals surface area (Å²) in [7, 11) is -3.87. The maximum absolute atomic E-state index is 13.2. The van der Waals surface area contributed by atoms with Gasteiger partial charge in [0.2, 0.25) is 10.0 Å². The standard InChI is InChI=1S/C30H29ClN4O5S/c1-20-5-4-16-35(18-20)41(38,39)27-17-24(13-14-25(27)31)30(37)34-33-29(36)23-11-9-21(10-12-23)19-40-26-8-2-6-22-7-3-15-32-28(22)26/h2-3,6-15,17,20H,4-5,16,18-19H2,1H3,(H,33,36)(H,34,37). The van der Waals surface area contributed by atoms with Gasteiger partial charge in [-0.1, -0.05) is 48.9 Å². The number of hydrogen-bond acceptors (Lipinski definition) is 6. The smallest absolute Gasteiger partial charge is 0.269 e. The van der Waals surface area contributed by atoms with E-state index in [1.54, 1.807) is 30.5 Å². The van der Waals surface area contributed by atoms with Crippen LogP contribution >= 0.6 is 11.6 Å². The lowest BCUT2D eigenvalue weighted by Crippen LogP contribution is -2.42. The van der Waals surface area contributed by atoms with Crippen molar-refractivity contribution in [3.63, 3.8) is 0 Å². The van der Waals surface area contributed by atoms with E-state index in [0.717, 1.165) is 29.3 Å². The third-order valence-electron chi connectivity index (χ3n) is 6.93. The number of piperidine rings is 1. The van der Waals surface area contributed by atoms with E-state index >= 15 is 0 Å². The Kier molecular flexibility index (Phi) is 8.53. The van der Waals surface area contributed by atoms with Crippen molar-refractivity contribution in [3.05, 3.63) is 101 Å². The molecule has 3 aromatic carbocycles. The molecule has 4 aromatic rings. The molecule has 1 aliphatic heterocycles. The van der Waals surface area contributed by atoms with E-state index in [-0.39, 0.29) is 28.0 Å². The molecule has 0 spiro atoms. The van der Waals surface area contributed by atoms with Crippen LogP contribution in [-0.4, -0.2) is 42.6 Å². The van der Waals surface area contributed by atoms with Gasteiger partial charge in [0.25, 0.3) is 11.8 Å². The van der Waals surface area contributed by atoms with Crippen LogP contribution in [0.2, 0.25) is 5.02 Å². The van der Waals surface area contributed by atoms with Crippen molar-refractivity contribution in [2.24, 2.45) is 5.92 Å². The summed E-state index contributed by atoms with van der Waals surface area (Å²) >= 11 is 6.22. The summed E-state index contributed by atoms with van der Waals surface area (Å²) in [6, 6.07) is 20.3. The van der Waals surface area contributed by atoms with Crippen LogP contribution in [0.1, 0.15) is 46.0 Å². The molecular formula is C30H29ClN4O5S. The van der Waals surface area contributed by atoms with Gasteiger partial charge in [-0.05, 0) is 66.8 Å². The Hall–Kier alpha value is -3.99. The molecule has 212 valence electrons. The number of hydrogen-bond donors (Lipinski definition) is 2. The number of fused-ring (bicyclic) bond motifs is 1. The van der Waals surface area contributed by atoms with Gasteiger partial charge < -0.3 is 4.74 Å². The summed E-state index contributed by atoms with van der Waals surface area (Å²) < 4.78 is 33.8. The van der Waals surface area contributed by atoms with Gasteiger partial charge >= 0.3 is 0 Å². The van der Waals surface area contributed by atoms with Crippen LogP contribution in [0.3, 0.4) is 0 Å². The first kappa shape index (κ1) is 28.5. The van der Waals surface area contributed by atoms with Crippen LogP contribution in [0, 0.1) is 5.92 Å². The SMILES string of the molecule is CC1CCCN(S(=O)(=O)c2cc(C(=O)NNC(=O)c3ccc(COc4cccc5cccnc45)cc3)ccc2Cl)C1. The summed E-state index contributed by atoms with van der Waals surface area (Å²) in [6.07, 6.45) is 3.44. The second-order valence-corrected chi connectivity index (χ2v) is 12.3. The zero-order valence-corrected chi connectivity index (χ0v) is 23.9. The van der Waals surface area contributed by atoms with Crippen molar-refractivity contribution in [3.8, 4) is 5.75 Å². The van der Waals surface area contributed by atoms with Crippen molar-refractivity contribution < 1.29 is 22.7 Å². The molecule has 1 aromatic heterocycles. The summed E-state index contributed by atoms with van der Waals surface area (Å²) in [5.41, 5.74) is 6.69. The summed E-state index contributed by atoms with van der Waals surface area (Å²) in [4.78, 5) is 29.7. The van der Waals surface area contributed by atoms with Crippen LogP contribution < -0.4 is 15.6 Å². The molecule has 0 aliphatic carbocycles. The van der Waals surface area contributed by atoms with Crippen LogP contribution in [0.15, 0.2) is 83.9 Å². The topological polar surface area (TPSA) is 118 Å². The number of para-hydroxylation sites is 1. The summed E-state index contributed by atoms with van der Waals surface area (Å²) in [5.74, 6) is -0.307. The molecule has 1 atom stereocenters. The van der Waals surface area contributed by atoms with E-state index < -0.39 is 21.8 Å². The van der Waals surface area contributed by atoms with Crippen molar-refractivity contribution in [1.82, 2.24) is 20.1 Å². The molecule has 5 rings (SSSR count). The van der Waals surface area contributed by atoms with Crippen molar-refractivity contribution in [2.75, 3.05) is 13.1 Å². The molecule has 1 saturated heterocycles. The first-order valence-electron chi connectivity index (χ1n) is 13.2. The fraction of sp³-hybridized carbons (Fsp3) is 0.233. The molecule has 0 saturated carbocycles. The highest BCUT2D eigenvalue weighted by atomic mass is 35.5. The fourth-order valence-electron chi connectivity index (χ4n) is 4.71. The molecule has 1 fully saturated rings. The van der Waals surface area contributed by atoms with Gasteiger partial charge in [-0.25, -0.2) is 8.42 Å². The second kappa shape index (κ2) is 12.3. The number of amides is 2. The normalized spacial score (nSPS) is 15.8. The number of pyridine rings is 1. The molecule has 2 heterocycles. The van der Waals surface area contributed by atoms with Crippen molar-refractivity contribution >= 4 is 44.3 Å². The molecule has 0 radical (unpaired) electrons. The number of rotatable bonds is 7. The summed E-state index contributed by atoms with van der Waals surface area (Å²) in [6.45, 7) is 3.09. The number of carbonyl (C=O) groups is 2. The Morgan fingerprint density at radius 2 is 1.71 bits per heavy atom. The van der Waals surface area contributed by atoms with Gasteiger partial charge in [0.05, 0.1) is 5.02 Å². The molecular weight excluding hydrogens is 564 g/mol. The lowest BCUT2D eigenvalue weighted by atomic mass is 10.0. The Balaban J connectivity index is 1.19. The van der Waals surface area contributed by atoms with Gasteiger partial charge in [-0.2, -0.15) is 4.31 Å². The minimum absolute atomic E-state index is 0.0320. The quantitative estimate of drug-likeness (QED) is 0.293. The molecule has 9 nitrogen and oxygen atoms in total. The van der Waals surface area contributed by atoms with Crippen molar-refractivity contribution in [1.29, 1.82) is 0 Å². The van der Waals surface area contributed by atoms with E-state index in [1.165, 1.54) is 22.5 Å². The number of aromatic nitrogens is 1. The van der Waals surface area contributed by atoms with Crippen molar-refractivity contribution in [2.45, 2.75) is 31.3 Å². The third-order valence-corrected chi connectivity index (χ3v) is 9.27. The Morgan fingerprint density at radius 1 is 1.00 bits per heavy atom. The zero-order valence-electron chi connectivity index (χ0n) is 22.3. The molecule has 0 bridgehead atoms. The van der Waals surface area contributed by atoms with E-state index in [0.29, 0.717) is 24.4 Å². The van der Waals surface area contributed by atoms with Gasteiger partial charge in [0.15, 0.2) is 0 Å². The van der Waals surface area contributed by atoms with Gasteiger partial charge in [0, 0.05) is 35.8 Å². The van der Waals surface area contributed by atoms with E-state index in [1.807, 2.05) is 37.3 Å². The number of carbonyl (C=O) groups excluding carboxylic acids is 2. The number of ether oxygens (including phenoxy) is 1. The summed E-state index contributed by atoms with van der Waals surface area (Å²) in [5, 5.41) is 1.01. The van der Waals surface area contributed by atoms with Crippen LogP contribution in [-0.2, 0) is 16.6 Å². The third kappa shape index (κ3) is 6.51.